The second-order valence-electron chi connectivity index (χ2n) is 8.14. The summed E-state index contributed by atoms with van der Waals surface area (Å²) in [5.74, 6) is -2.67. The summed E-state index contributed by atoms with van der Waals surface area (Å²) in [5.41, 5.74) is 1.19. The summed E-state index contributed by atoms with van der Waals surface area (Å²) >= 11 is 0. The average molecular weight is 466 g/mol. The molecule has 0 spiro atoms. The van der Waals surface area contributed by atoms with Crippen molar-refractivity contribution in [3.8, 4) is 17.1 Å². The summed E-state index contributed by atoms with van der Waals surface area (Å²) in [4.78, 5) is 35.4. The van der Waals surface area contributed by atoms with Crippen LogP contribution in [0.2, 0.25) is 0 Å². The molecule has 0 aliphatic heterocycles. The minimum absolute atomic E-state index is 0.245. The summed E-state index contributed by atoms with van der Waals surface area (Å²) in [5, 5.41) is 0. The second-order valence-corrected chi connectivity index (χ2v) is 8.14. The number of para-hydroxylation sites is 1. The van der Waals surface area contributed by atoms with Crippen LogP contribution in [0.1, 0.15) is 26.5 Å². The predicted molar refractivity (Wildman–Crippen MR) is 126 cm³/mol. The molecule has 170 valence electrons. The lowest BCUT2D eigenvalue weighted by atomic mass is 10.1. The van der Waals surface area contributed by atoms with E-state index in [9.17, 15) is 18.4 Å². The number of ketones is 2. The molecule has 0 radical (unpaired) electrons. The Hall–Kier alpha value is -4.72. The number of hydrogen-bond acceptors (Lipinski definition) is 4. The smallest absolute Gasteiger partial charge is 0.200 e. The van der Waals surface area contributed by atoms with Crippen LogP contribution in [-0.4, -0.2) is 30.7 Å². The van der Waals surface area contributed by atoms with Gasteiger partial charge in [0.25, 0.3) is 0 Å². The number of hydrogen-bond donors (Lipinski definition) is 0. The van der Waals surface area contributed by atoms with E-state index in [4.69, 9.17) is 4.98 Å². The maximum Gasteiger partial charge on any atom is 0.200 e. The van der Waals surface area contributed by atoms with Crippen molar-refractivity contribution in [2.45, 2.75) is 0 Å². The van der Waals surface area contributed by atoms with Crippen LogP contribution in [-0.2, 0) is 7.05 Å². The molecule has 0 atom stereocenters. The van der Waals surface area contributed by atoms with E-state index in [1.807, 2.05) is 72.3 Å². The minimum Gasteiger partial charge on any atom is -0.310 e. The van der Waals surface area contributed by atoms with Crippen LogP contribution < -0.4 is 0 Å². The van der Waals surface area contributed by atoms with Gasteiger partial charge in [0, 0.05) is 18.3 Å². The largest absolute Gasteiger partial charge is 0.310 e. The molecule has 6 nitrogen and oxygen atoms in total. The maximum absolute atomic E-state index is 14.3. The zero-order valence-electron chi connectivity index (χ0n) is 18.4. The van der Waals surface area contributed by atoms with Crippen LogP contribution in [0.4, 0.5) is 8.78 Å². The number of fused-ring (bicyclic) bond motifs is 2. The Bertz CT molecular complexity index is 1660. The molecule has 2 heterocycles. The van der Waals surface area contributed by atoms with Crippen LogP contribution in [0.15, 0.2) is 78.4 Å². The van der Waals surface area contributed by atoms with Gasteiger partial charge in [-0.3, -0.25) is 14.2 Å². The monoisotopic (exact) mass is 466 g/mol. The van der Waals surface area contributed by atoms with Crippen molar-refractivity contribution in [2.75, 3.05) is 0 Å². The molecular formula is C27H16F2N4O2. The highest BCUT2D eigenvalue weighted by molar-refractivity contribution is 6.41. The number of aromatic nitrogens is 4. The van der Waals surface area contributed by atoms with Gasteiger partial charge in [0.05, 0.1) is 16.7 Å². The van der Waals surface area contributed by atoms with Crippen molar-refractivity contribution < 1.29 is 18.4 Å². The fraction of sp³-hybridized carbons (Fsp3) is 0.0370. The highest BCUT2D eigenvalue weighted by atomic mass is 19.1. The van der Waals surface area contributed by atoms with Gasteiger partial charge in [0.2, 0.25) is 11.6 Å². The van der Waals surface area contributed by atoms with Crippen molar-refractivity contribution in [2.24, 2.45) is 7.05 Å². The number of benzene rings is 3. The summed E-state index contributed by atoms with van der Waals surface area (Å²) in [6, 6.07) is 20.5. The fourth-order valence-corrected chi connectivity index (χ4v) is 4.42. The van der Waals surface area contributed by atoms with Gasteiger partial charge in [0.15, 0.2) is 11.3 Å². The standard InChI is InChI=1S/C27H16F2N4O2/c1-32-25(15-8-4-2-5-9-15)31-27-26(32)30-20(33(27)16-10-6-3-7-11-16)14-17-23(34)21-18(28)12-13-19(29)22(21)24(17)35/h2-14H,1H3. The second kappa shape index (κ2) is 7.66. The molecule has 2 aromatic heterocycles. The first-order chi connectivity index (χ1) is 17.0. The lowest BCUT2D eigenvalue weighted by Crippen LogP contribution is -2.05. The van der Waals surface area contributed by atoms with E-state index >= 15 is 0 Å². The molecule has 0 unspecified atom stereocenters. The number of nitrogens with zero attached hydrogens (tertiary/aromatic N) is 4. The van der Waals surface area contributed by atoms with Crippen LogP contribution >= 0.6 is 0 Å². The zero-order chi connectivity index (χ0) is 24.3. The number of allylic oxidation sites excluding steroid dienone is 1. The summed E-state index contributed by atoms with van der Waals surface area (Å²) in [7, 11) is 1.82. The first-order valence-corrected chi connectivity index (χ1v) is 10.8. The topological polar surface area (TPSA) is 69.8 Å². The van der Waals surface area contributed by atoms with Gasteiger partial charge in [0.1, 0.15) is 23.3 Å². The fourth-order valence-electron chi connectivity index (χ4n) is 4.42. The first kappa shape index (κ1) is 20.9. The Morgan fingerprint density at radius 3 is 1.91 bits per heavy atom. The van der Waals surface area contributed by atoms with E-state index in [-0.39, 0.29) is 11.4 Å². The molecule has 0 saturated heterocycles. The van der Waals surface area contributed by atoms with Gasteiger partial charge in [-0.1, -0.05) is 48.5 Å². The molecule has 35 heavy (non-hydrogen) atoms. The first-order valence-electron chi connectivity index (χ1n) is 10.8. The van der Waals surface area contributed by atoms with Crippen molar-refractivity contribution in [1.29, 1.82) is 0 Å². The van der Waals surface area contributed by atoms with Gasteiger partial charge in [-0.25, -0.2) is 18.7 Å². The number of carbonyl (C=O) groups excluding carboxylic acids is 2. The third-order valence-electron chi connectivity index (χ3n) is 6.08. The Morgan fingerprint density at radius 1 is 0.743 bits per heavy atom. The van der Waals surface area contributed by atoms with Gasteiger partial charge < -0.3 is 4.57 Å². The SMILES string of the molecule is Cn1c(-c2ccccc2)nc2c1nc(C=C1C(=O)c3c(F)ccc(F)c3C1=O)n2-c1ccccc1. The number of aryl methyl sites for hydroxylation is 1. The molecule has 0 bridgehead atoms. The average Bonchev–Trinajstić information content (AvgIpc) is 3.48. The highest BCUT2D eigenvalue weighted by Gasteiger charge is 2.38. The Balaban J connectivity index is 1.59. The number of rotatable bonds is 3. The van der Waals surface area contributed by atoms with E-state index in [0.29, 0.717) is 22.8 Å². The molecule has 6 rings (SSSR count). The summed E-state index contributed by atoms with van der Waals surface area (Å²) in [6.45, 7) is 0. The van der Waals surface area contributed by atoms with Crippen molar-refractivity contribution in [3.63, 3.8) is 0 Å². The van der Waals surface area contributed by atoms with Gasteiger partial charge in [-0.05, 0) is 30.3 Å². The normalized spacial score (nSPS) is 13.1. The van der Waals surface area contributed by atoms with Crippen molar-refractivity contribution in [3.05, 3.63) is 107 Å². The van der Waals surface area contributed by atoms with Crippen LogP contribution in [0.3, 0.4) is 0 Å². The van der Waals surface area contributed by atoms with E-state index in [1.54, 1.807) is 4.57 Å². The van der Waals surface area contributed by atoms with Gasteiger partial charge >= 0.3 is 0 Å². The van der Waals surface area contributed by atoms with Crippen molar-refractivity contribution in [1.82, 2.24) is 19.1 Å². The van der Waals surface area contributed by atoms with E-state index in [0.717, 1.165) is 17.7 Å². The highest BCUT2D eigenvalue weighted by Crippen LogP contribution is 2.33. The molecule has 0 saturated carbocycles. The molecule has 5 aromatic rings. The maximum atomic E-state index is 14.3. The molecule has 1 aliphatic rings. The quantitative estimate of drug-likeness (QED) is 0.272. The summed E-state index contributed by atoms with van der Waals surface area (Å²) in [6.07, 6.45) is 1.28. The Morgan fingerprint density at radius 2 is 1.31 bits per heavy atom. The lowest BCUT2D eigenvalue weighted by molar-refractivity contribution is 0.0988. The molecule has 1 aliphatic carbocycles. The van der Waals surface area contributed by atoms with Crippen molar-refractivity contribution >= 4 is 28.9 Å². The number of carbonyl (C=O) groups is 2. The predicted octanol–water partition coefficient (Wildman–Crippen LogP) is 5.17. The minimum atomic E-state index is -0.936. The lowest BCUT2D eigenvalue weighted by Gasteiger charge is -2.06. The molecule has 0 amide bonds. The third-order valence-corrected chi connectivity index (χ3v) is 6.08. The van der Waals surface area contributed by atoms with E-state index < -0.39 is 34.3 Å². The summed E-state index contributed by atoms with van der Waals surface area (Å²) < 4.78 is 32.2. The molecule has 0 fully saturated rings. The van der Waals surface area contributed by atoms with Gasteiger partial charge in [-0.15, -0.1) is 0 Å². The molecular weight excluding hydrogens is 450 g/mol. The van der Waals surface area contributed by atoms with Crippen LogP contribution in [0.25, 0.3) is 34.4 Å². The third kappa shape index (κ3) is 3.07. The zero-order valence-corrected chi connectivity index (χ0v) is 18.4. The molecule has 0 N–H and O–H groups in total. The number of Topliss-reactive ketones (excluding diaryl/α,β-unsaturated/α-hetero) is 2. The number of halogens is 2. The Kier molecular flexibility index (Phi) is 4.57. The Labute approximate surface area is 197 Å². The van der Waals surface area contributed by atoms with E-state index in [1.165, 1.54) is 6.08 Å². The van der Waals surface area contributed by atoms with Crippen LogP contribution in [0.5, 0.6) is 0 Å². The van der Waals surface area contributed by atoms with Crippen LogP contribution in [0, 0.1) is 11.6 Å². The molecule has 8 heteroatoms. The number of imidazole rings is 2. The van der Waals surface area contributed by atoms with E-state index in [2.05, 4.69) is 4.98 Å². The van der Waals surface area contributed by atoms with Gasteiger partial charge in [-0.2, -0.15) is 0 Å². The molecule has 3 aromatic carbocycles.